The third-order valence-corrected chi connectivity index (χ3v) is 5.36. The van der Waals surface area contributed by atoms with Crippen molar-refractivity contribution < 1.29 is 18.3 Å². The predicted molar refractivity (Wildman–Crippen MR) is 83.1 cm³/mol. The number of hydrogen-bond acceptors (Lipinski definition) is 5. The molecular weight excluding hydrogens is 302 g/mol. The molecule has 2 aromatic rings. The Labute approximate surface area is 128 Å². The van der Waals surface area contributed by atoms with Gasteiger partial charge in [0.15, 0.2) is 11.5 Å². The predicted octanol–water partition coefficient (Wildman–Crippen LogP) is 2.06. The third-order valence-electron chi connectivity index (χ3n) is 3.50. The largest absolute Gasteiger partial charge is 0.504 e. The molecule has 0 fully saturated rings. The van der Waals surface area contributed by atoms with Crippen molar-refractivity contribution in [2.75, 3.05) is 6.61 Å². The van der Waals surface area contributed by atoms with Gasteiger partial charge in [0.05, 0.1) is 9.80 Å². The molecule has 0 atom stereocenters. The minimum absolute atomic E-state index is 0.0265. The highest BCUT2D eigenvalue weighted by Gasteiger charge is 2.30. The lowest BCUT2D eigenvalue weighted by Crippen LogP contribution is -2.09. The van der Waals surface area contributed by atoms with Gasteiger partial charge >= 0.3 is 0 Å². The Hall–Kier alpha value is -2.31. The van der Waals surface area contributed by atoms with E-state index in [1.807, 2.05) is 0 Å². The number of phenolic OH excluding ortho intramolecular Hbond substituents is 1. The van der Waals surface area contributed by atoms with Crippen LogP contribution in [0.5, 0.6) is 11.5 Å². The Morgan fingerprint density at radius 1 is 1.14 bits per heavy atom. The fourth-order valence-electron chi connectivity index (χ4n) is 2.30. The van der Waals surface area contributed by atoms with Gasteiger partial charge in [-0.3, -0.25) is 0 Å². The maximum absolute atomic E-state index is 12.5. The Morgan fingerprint density at radius 3 is 2.64 bits per heavy atom. The molecule has 0 aromatic heterocycles. The summed E-state index contributed by atoms with van der Waals surface area (Å²) >= 11 is 0. The van der Waals surface area contributed by atoms with Crippen molar-refractivity contribution in [3.8, 4) is 11.5 Å². The Balaban J connectivity index is 1.86. The average Bonchev–Trinajstić information content (AvgIpc) is 2.77. The molecule has 6 heteroatoms. The molecule has 3 rings (SSSR count). The summed E-state index contributed by atoms with van der Waals surface area (Å²) in [6.45, 7) is 0.152. The molecule has 114 valence electrons. The highest BCUT2D eigenvalue weighted by atomic mass is 32.2. The van der Waals surface area contributed by atoms with Crippen molar-refractivity contribution in [1.82, 2.24) is 0 Å². The fraction of sp³-hybridized carbons (Fsp3) is 0.125. The Morgan fingerprint density at radius 2 is 1.91 bits per heavy atom. The molecule has 1 aliphatic heterocycles. The van der Waals surface area contributed by atoms with E-state index in [2.05, 4.69) is 0 Å². The monoisotopic (exact) mass is 317 g/mol. The highest BCUT2D eigenvalue weighted by Crippen LogP contribution is 2.34. The average molecular weight is 317 g/mol. The molecule has 0 saturated heterocycles. The second-order valence-electron chi connectivity index (χ2n) is 4.95. The number of nitrogens with two attached hydrogens (primary N) is 1. The van der Waals surface area contributed by atoms with Gasteiger partial charge in [-0.15, -0.1) is 0 Å². The minimum Gasteiger partial charge on any atom is -0.504 e. The van der Waals surface area contributed by atoms with Crippen molar-refractivity contribution >= 4 is 15.9 Å². The van der Waals surface area contributed by atoms with E-state index in [4.69, 9.17) is 10.5 Å². The zero-order valence-corrected chi connectivity index (χ0v) is 12.5. The summed E-state index contributed by atoms with van der Waals surface area (Å²) in [6, 6.07) is 11.6. The number of rotatable bonds is 4. The Kier molecular flexibility index (Phi) is 3.64. The first-order valence-electron chi connectivity index (χ1n) is 6.72. The van der Waals surface area contributed by atoms with Crippen LogP contribution in [0.2, 0.25) is 0 Å². The van der Waals surface area contributed by atoms with Gasteiger partial charge in [-0.1, -0.05) is 24.3 Å². The third kappa shape index (κ3) is 2.47. The second kappa shape index (κ2) is 5.47. The molecule has 0 saturated carbocycles. The van der Waals surface area contributed by atoms with Gasteiger partial charge in [-0.25, -0.2) is 8.42 Å². The van der Waals surface area contributed by atoms with Gasteiger partial charge in [-0.05, 0) is 35.4 Å². The zero-order chi connectivity index (χ0) is 15.7. The van der Waals surface area contributed by atoms with E-state index < -0.39 is 9.84 Å². The van der Waals surface area contributed by atoms with Gasteiger partial charge in [0, 0.05) is 6.54 Å². The van der Waals surface area contributed by atoms with Crippen LogP contribution in [-0.2, 0) is 16.4 Å². The number of aromatic hydroxyl groups is 1. The summed E-state index contributed by atoms with van der Waals surface area (Å²) in [5.41, 5.74) is 6.95. The van der Waals surface area contributed by atoms with Crippen molar-refractivity contribution in [2.24, 2.45) is 5.73 Å². The van der Waals surface area contributed by atoms with Crippen molar-refractivity contribution in [2.45, 2.75) is 11.4 Å². The number of ether oxygens (including phenoxy) is 1. The first-order valence-corrected chi connectivity index (χ1v) is 8.20. The molecule has 0 spiro atoms. The SMILES string of the molecule is NCc1ccc2c(c1)S(=O)(=O)C(COc1ccccc1O)=C2. The fourth-order valence-corrected chi connectivity index (χ4v) is 3.82. The summed E-state index contributed by atoms with van der Waals surface area (Å²) in [5, 5.41) is 9.65. The van der Waals surface area contributed by atoms with Crippen LogP contribution in [-0.4, -0.2) is 20.1 Å². The summed E-state index contributed by atoms with van der Waals surface area (Å²) < 4.78 is 30.4. The summed E-state index contributed by atoms with van der Waals surface area (Å²) in [6.07, 6.45) is 1.59. The molecule has 0 radical (unpaired) electrons. The van der Waals surface area contributed by atoms with Crippen LogP contribution >= 0.6 is 0 Å². The van der Waals surface area contributed by atoms with Crippen LogP contribution in [0.1, 0.15) is 11.1 Å². The lowest BCUT2D eigenvalue weighted by atomic mass is 10.1. The quantitative estimate of drug-likeness (QED) is 0.901. The van der Waals surface area contributed by atoms with Crippen LogP contribution in [0.3, 0.4) is 0 Å². The van der Waals surface area contributed by atoms with Gasteiger partial charge in [0.25, 0.3) is 0 Å². The summed E-state index contributed by atoms with van der Waals surface area (Å²) in [5.74, 6) is 0.221. The highest BCUT2D eigenvalue weighted by molar-refractivity contribution is 7.95. The number of hydrogen-bond donors (Lipinski definition) is 2. The molecule has 1 heterocycles. The van der Waals surface area contributed by atoms with Crippen molar-refractivity contribution in [3.05, 3.63) is 58.5 Å². The number of fused-ring (bicyclic) bond motifs is 1. The van der Waals surface area contributed by atoms with Gasteiger partial charge < -0.3 is 15.6 Å². The molecule has 0 bridgehead atoms. The minimum atomic E-state index is -3.56. The van der Waals surface area contributed by atoms with Crippen molar-refractivity contribution in [3.63, 3.8) is 0 Å². The van der Waals surface area contributed by atoms with Crippen LogP contribution in [0.15, 0.2) is 52.3 Å². The molecule has 3 N–H and O–H groups in total. The second-order valence-corrected chi connectivity index (χ2v) is 6.92. The van der Waals surface area contributed by atoms with Gasteiger partial charge in [0.1, 0.15) is 6.61 Å². The number of para-hydroxylation sites is 2. The van der Waals surface area contributed by atoms with E-state index in [1.54, 1.807) is 42.5 Å². The summed E-state index contributed by atoms with van der Waals surface area (Å²) in [7, 11) is -3.56. The van der Waals surface area contributed by atoms with E-state index in [0.29, 0.717) is 5.56 Å². The van der Waals surface area contributed by atoms with Crippen LogP contribution in [0, 0.1) is 0 Å². The van der Waals surface area contributed by atoms with E-state index in [9.17, 15) is 13.5 Å². The smallest absolute Gasteiger partial charge is 0.206 e. The molecule has 0 unspecified atom stereocenters. The molecule has 22 heavy (non-hydrogen) atoms. The maximum atomic E-state index is 12.5. The standard InChI is InChI=1S/C16H15NO4S/c17-9-11-5-6-12-8-13(22(19,20)16(12)7-11)10-21-15-4-2-1-3-14(15)18/h1-8,18H,9-10,17H2. The lowest BCUT2D eigenvalue weighted by molar-refractivity contribution is 0.333. The van der Waals surface area contributed by atoms with E-state index in [0.717, 1.165) is 5.56 Å². The zero-order valence-electron chi connectivity index (χ0n) is 11.7. The van der Waals surface area contributed by atoms with Crippen LogP contribution in [0.4, 0.5) is 0 Å². The lowest BCUT2D eigenvalue weighted by Gasteiger charge is -2.09. The molecule has 1 aliphatic rings. The molecule has 2 aromatic carbocycles. The van der Waals surface area contributed by atoms with E-state index >= 15 is 0 Å². The maximum Gasteiger partial charge on any atom is 0.206 e. The van der Waals surface area contributed by atoms with Crippen molar-refractivity contribution in [1.29, 1.82) is 0 Å². The molecule has 0 amide bonds. The normalized spacial score (nSPS) is 15.2. The topological polar surface area (TPSA) is 89.6 Å². The number of sulfone groups is 1. The van der Waals surface area contributed by atoms with Crippen LogP contribution < -0.4 is 10.5 Å². The number of benzene rings is 2. The molecule has 5 nitrogen and oxygen atoms in total. The Bertz CT molecular complexity index is 856. The van der Waals surface area contributed by atoms with E-state index in [-0.39, 0.29) is 34.5 Å². The first-order chi connectivity index (χ1) is 10.5. The van der Waals surface area contributed by atoms with Gasteiger partial charge in [0.2, 0.25) is 9.84 Å². The van der Waals surface area contributed by atoms with Crippen LogP contribution in [0.25, 0.3) is 6.08 Å². The number of phenols is 1. The summed E-state index contributed by atoms with van der Waals surface area (Å²) in [4.78, 5) is 0.422. The van der Waals surface area contributed by atoms with Gasteiger partial charge in [-0.2, -0.15) is 0 Å². The molecule has 0 aliphatic carbocycles. The molecular formula is C16H15NO4S. The van der Waals surface area contributed by atoms with E-state index in [1.165, 1.54) is 6.07 Å². The first kappa shape index (κ1) is 14.6.